The Balaban J connectivity index is 2.94. The molecular weight excluding hydrogens is 349 g/mol. The third kappa shape index (κ3) is 3.42. The maximum atomic E-state index is 11.9. The molecule has 0 saturated carbocycles. The SMILES string of the molecule is Cc1cccc(C(=O)NC(C(=O)O)C(C)O)c1I. The highest BCUT2D eigenvalue weighted by Gasteiger charge is 2.26. The number of halogens is 1. The van der Waals surface area contributed by atoms with Crippen LogP contribution in [0, 0.1) is 10.5 Å². The highest BCUT2D eigenvalue weighted by molar-refractivity contribution is 14.1. The molecular formula is C12H14INO4. The Bertz CT molecular complexity index is 473. The minimum Gasteiger partial charge on any atom is -0.480 e. The van der Waals surface area contributed by atoms with Crippen LogP contribution < -0.4 is 5.32 Å². The van der Waals surface area contributed by atoms with Gasteiger partial charge in [-0.2, -0.15) is 0 Å². The van der Waals surface area contributed by atoms with Crippen molar-refractivity contribution in [2.75, 3.05) is 0 Å². The predicted molar refractivity (Wildman–Crippen MR) is 74.5 cm³/mol. The summed E-state index contributed by atoms with van der Waals surface area (Å²) in [5.74, 6) is -1.77. The predicted octanol–water partition coefficient (Wildman–Crippen LogP) is 1.16. The molecule has 2 atom stereocenters. The van der Waals surface area contributed by atoms with Crippen LogP contribution in [0.5, 0.6) is 0 Å². The van der Waals surface area contributed by atoms with E-state index in [0.717, 1.165) is 9.13 Å². The second-order valence-electron chi connectivity index (χ2n) is 3.97. The van der Waals surface area contributed by atoms with E-state index >= 15 is 0 Å². The van der Waals surface area contributed by atoms with Crippen molar-refractivity contribution in [1.29, 1.82) is 0 Å². The lowest BCUT2D eigenvalue weighted by Gasteiger charge is -2.17. The molecule has 3 N–H and O–H groups in total. The molecule has 0 heterocycles. The number of aliphatic hydroxyl groups is 1. The van der Waals surface area contributed by atoms with Gasteiger partial charge >= 0.3 is 5.97 Å². The lowest BCUT2D eigenvalue weighted by atomic mass is 10.1. The summed E-state index contributed by atoms with van der Waals surface area (Å²) >= 11 is 2.03. The zero-order valence-electron chi connectivity index (χ0n) is 9.98. The van der Waals surface area contributed by atoms with Crippen LogP contribution in [0.2, 0.25) is 0 Å². The van der Waals surface area contributed by atoms with E-state index < -0.39 is 24.0 Å². The molecule has 1 rings (SSSR count). The Kier molecular flexibility index (Phi) is 5.09. The fourth-order valence-electron chi connectivity index (χ4n) is 1.43. The molecule has 0 saturated heterocycles. The normalized spacial score (nSPS) is 13.8. The second-order valence-corrected chi connectivity index (χ2v) is 5.05. The van der Waals surface area contributed by atoms with Gasteiger partial charge in [-0.1, -0.05) is 12.1 Å². The Morgan fingerprint density at radius 2 is 2.00 bits per heavy atom. The topological polar surface area (TPSA) is 86.6 Å². The van der Waals surface area contributed by atoms with E-state index in [2.05, 4.69) is 5.32 Å². The molecule has 5 nitrogen and oxygen atoms in total. The molecule has 1 aromatic carbocycles. The number of rotatable bonds is 4. The minimum absolute atomic E-state index is 0.405. The maximum absolute atomic E-state index is 11.9. The van der Waals surface area contributed by atoms with E-state index in [1.807, 2.05) is 35.6 Å². The van der Waals surface area contributed by atoms with E-state index in [-0.39, 0.29) is 0 Å². The van der Waals surface area contributed by atoms with E-state index in [1.165, 1.54) is 6.92 Å². The van der Waals surface area contributed by atoms with Crippen molar-refractivity contribution in [3.05, 3.63) is 32.9 Å². The number of carbonyl (C=O) groups excluding carboxylic acids is 1. The summed E-state index contributed by atoms with van der Waals surface area (Å²) < 4.78 is 0.766. The molecule has 0 bridgehead atoms. The van der Waals surface area contributed by atoms with Gasteiger partial charge in [0.25, 0.3) is 5.91 Å². The molecule has 0 aliphatic rings. The summed E-state index contributed by atoms with van der Waals surface area (Å²) in [6.07, 6.45) is -1.16. The van der Waals surface area contributed by atoms with Crippen molar-refractivity contribution in [3.63, 3.8) is 0 Å². The van der Waals surface area contributed by atoms with E-state index in [0.29, 0.717) is 5.56 Å². The number of carbonyl (C=O) groups is 2. The number of amides is 1. The van der Waals surface area contributed by atoms with Gasteiger partial charge in [0, 0.05) is 3.57 Å². The number of benzene rings is 1. The van der Waals surface area contributed by atoms with Gasteiger partial charge in [-0.3, -0.25) is 4.79 Å². The molecule has 0 fully saturated rings. The van der Waals surface area contributed by atoms with Gasteiger partial charge in [-0.15, -0.1) is 0 Å². The van der Waals surface area contributed by atoms with Crippen LogP contribution in [0.4, 0.5) is 0 Å². The van der Waals surface area contributed by atoms with Crippen molar-refractivity contribution < 1.29 is 19.8 Å². The quantitative estimate of drug-likeness (QED) is 0.701. The van der Waals surface area contributed by atoms with Gasteiger partial charge in [0.05, 0.1) is 11.7 Å². The third-order valence-electron chi connectivity index (χ3n) is 2.47. The number of aliphatic carboxylic acids is 1. The van der Waals surface area contributed by atoms with Crippen LogP contribution in [0.1, 0.15) is 22.8 Å². The van der Waals surface area contributed by atoms with Crippen LogP contribution in [0.3, 0.4) is 0 Å². The molecule has 0 aliphatic carbocycles. The van der Waals surface area contributed by atoms with Crippen LogP contribution in [0.25, 0.3) is 0 Å². The first-order chi connectivity index (χ1) is 8.34. The first-order valence-corrected chi connectivity index (χ1v) is 6.39. The minimum atomic E-state index is -1.31. The Labute approximate surface area is 118 Å². The lowest BCUT2D eigenvalue weighted by Crippen LogP contribution is -2.47. The van der Waals surface area contributed by atoms with E-state index in [9.17, 15) is 14.7 Å². The van der Waals surface area contributed by atoms with Gasteiger partial charge in [0.15, 0.2) is 6.04 Å². The molecule has 0 radical (unpaired) electrons. The maximum Gasteiger partial charge on any atom is 0.328 e. The molecule has 1 aromatic rings. The van der Waals surface area contributed by atoms with E-state index in [1.54, 1.807) is 12.1 Å². The van der Waals surface area contributed by atoms with Crippen molar-refractivity contribution >= 4 is 34.5 Å². The summed E-state index contributed by atoms with van der Waals surface area (Å²) in [4.78, 5) is 22.8. The van der Waals surface area contributed by atoms with Gasteiger partial charge in [-0.05, 0) is 48.1 Å². The van der Waals surface area contributed by atoms with Crippen molar-refractivity contribution in [1.82, 2.24) is 5.32 Å². The lowest BCUT2D eigenvalue weighted by molar-refractivity contribution is -0.141. The highest BCUT2D eigenvalue weighted by Crippen LogP contribution is 2.16. The number of carboxylic acid groups (broad SMARTS) is 1. The smallest absolute Gasteiger partial charge is 0.328 e. The van der Waals surface area contributed by atoms with Crippen LogP contribution in [-0.4, -0.2) is 34.2 Å². The zero-order chi connectivity index (χ0) is 13.9. The molecule has 0 aliphatic heterocycles. The van der Waals surface area contributed by atoms with Gasteiger partial charge < -0.3 is 15.5 Å². The highest BCUT2D eigenvalue weighted by atomic mass is 127. The molecule has 0 spiro atoms. The average molecular weight is 363 g/mol. The van der Waals surface area contributed by atoms with Crippen LogP contribution >= 0.6 is 22.6 Å². The molecule has 0 aromatic heterocycles. The average Bonchev–Trinajstić information content (AvgIpc) is 2.28. The molecule has 18 heavy (non-hydrogen) atoms. The first-order valence-electron chi connectivity index (χ1n) is 5.31. The number of aryl methyl sites for hydroxylation is 1. The van der Waals surface area contributed by atoms with Gasteiger partial charge in [0.2, 0.25) is 0 Å². The summed E-state index contributed by atoms with van der Waals surface area (Å²) in [7, 11) is 0. The number of hydrogen-bond acceptors (Lipinski definition) is 3. The zero-order valence-corrected chi connectivity index (χ0v) is 12.1. The number of hydrogen-bond donors (Lipinski definition) is 3. The van der Waals surface area contributed by atoms with E-state index in [4.69, 9.17) is 5.11 Å². The fourth-order valence-corrected chi connectivity index (χ4v) is 2.03. The van der Waals surface area contributed by atoms with Crippen LogP contribution in [-0.2, 0) is 4.79 Å². The summed E-state index contributed by atoms with van der Waals surface area (Å²) in [5, 5.41) is 20.5. The third-order valence-corrected chi connectivity index (χ3v) is 3.90. The monoisotopic (exact) mass is 363 g/mol. The standard InChI is InChI=1S/C12H14INO4/c1-6-4-3-5-8(9(6)13)11(16)14-10(7(2)15)12(17)18/h3-5,7,10,15H,1-2H3,(H,14,16)(H,17,18). The van der Waals surface area contributed by atoms with Crippen molar-refractivity contribution in [2.24, 2.45) is 0 Å². The number of nitrogens with one attached hydrogen (secondary N) is 1. The fraction of sp³-hybridized carbons (Fsp3) is 0.333. The Morgan fingerprint density at radius 3 is 2.50 bits per heavy atom. The van der Waals surface area contributed by atoms with Gasteiger partial charge in [0.1, 0.15) is 0 Å². The first kappa shape index (κ1) is 14.9. The Morgan fingerprint density at radius 1 is 1.39 bits per heavy atom. The number of aliphatic hydroxyl groups excluding tert-OH is 1. The summed E-state index contributed by atoms with van der Waals surface area (Å²) in [5.41, 5.74) is 1.34. The Hall–Kier alpha value is -1.15. The molecule has 98 valence electrons. The molecule has 1 amide bonds. The van der Waals surface area contributed by atoms with Gasteiger partial charge in [-0.25, -0.2) is 4.79 Å². The second kappa shape index (κ2) is 6.14. The summed E-state index contributed by atoms with van der Waals surface area (Å²) in [6, 6.07) is 3.89. The van der Waals surface area contributed by atoms with Crippen LogP contribution in [0.15, 0.2) is 18.2 Å². The van der Waals surface area contributed by atoms with Crippen molar-refractivity contribution in [2.45, 2.75) is 26.0 Å². The molecule has 2 unspecified atom stereocenters. The number of carboxylic acids is 1. The summed E-state index contributed by atoms with van der Waals surface area (Å²) in [6.45, 7) is 3.18. The van der Waals surface area contributed by atoms with Crippen molar-refractivity contribution in [3.8, 4) is 0 Å². The largest absolute Gasteiger partial charge is 0.480 e. The molecule has 6 heteroatoms.